The zero-order valence-electron chi connectivity index (χ0n) is 19.4. The summed E-state index contributed by atoms with van der Waals surface area (Å²) in [5.74, 6) is 0.652. The van der Waals surface area contributed by atoms with Crippen LogP contribution in [0.5, 0.6) is 11.8 Å². The van der Waals surface area contributed by atoms with Crippen LogP contribution in [-0.2, 0) is 17.1 Å². The number of hydrogen-bond donors (Lipinski definition) is 1. The second-order valence-corrected chi connectivity index (χ2v) is 11.0. The molecule has 0 unspecified atom stereocenters. The summed E-state index contributed by atoms with van der Waals surface area (Å²) < 4.78 is 34.8. The van der Waals surface area contributed by atoms with Gasteiger partial charge >= 0.3 is 6.01 Å². The second kappa shape index (κ2) is 9.52. The number of nitrogens with one attached hydrogen (secondary N) is 1. The molecular formula is C23H27ClN4O4S. The zero-order valence-corrected chi connectivity index (χ0v) is 21.0. The number of benzene rings is 1. The van der Waals surface area contributed by atoms with E-state index in [2.05, 4.69) is 14.7 Å². The van der Waals surface area contributed by atoms with E-state index in [0.29, 0.717) is 27.6 Å². The Balaban J connectivity index is 2.14. The summed E-state index contributed by atoms with van der Waals surface area (Å²) in [7, 11) is -2.03. The van der Waals surface area contributed by atoms with Crippen LogP contribution < -0.4 is 15.0 Å². The van der Waals surface area contributed by atoms with Crippen LogP contribution in [0.2, 0.25) is 5.02 Å². The molecule has 0 spiro atoms. The number of aryl methyl sites for hydroxylation is 2. The SMILES string of the molecule is Cc1cc(-c2cc(NS(=O)(=O)C(C)C)nc(Oc3cc(C(C)C)ccc3Cl)n2)cn(C)c1=O. The summed E-state index contributed by atoms with van der Waals surface area (Å²) in [5.41, 5.74) is 2.39. The molecule has 0 radical (unpaired) electrons. The summed E-state index contributed by atoms with van der Waals surface area (Å²) in [6.07, 6.45) is 1.62. The lowest BCUT2D eigenvalue weighted by Gasteiger charge is -2.14. The van der Waals surface area contributed by atoms with E-state index in [0.717, 1.165) is 5.56 Å². The van der Waals surface area contributed by atoms with Gasteiger partial charge in [-0.2, -0.15) is 9.97 Å². The van der Waals surface area contributed by atoms with Crippen LogP contribution in [-0.4, -0.2) is 28.2 Å². The number of ether oxygens (including phenoxy) is 1. The first-order valence-electron chi connectivity index (χ1n) is 10.4. The van der Waals surface area contributed by atoms with Crippen LogP contribution in [0.3, 0.4) is 0 Å². The predicted molar refractivity (Wildman–Crippen MR) is 131 cm³/mol. The Labute approximate surface area is 198 Å². The minimum atomic E-state index is -3.67. The molecule has 0 aliphatic carbocycles. The molecule has 0 bridgehead atoms. The fourth-order valence-electron chi connectivity index (χ4n) is 3.01. The van der Waals surface area contributed by atoms with Gasteiger partial charge in [-0.1, -0.05) is 31.5 Å². The molecule has 10 heteroatoms. The van der Waals surface area contributed by atoms with Crippen molar-refractivity contribution in [1.82, 2.24) is 14.5 Å². The van der Waals surface area contributed by atoms with E-state index < -0.39 is 15.3 Å². The van der Waals surface area contributed by atoms with Crippen molar-refractivity contribution in [3.63, 3.8) is 0 Å². The number of nitrogens with zero attached hydrogens (tertiary/aromatic N) is 3. The van der Waals surface area contributed by atoms with E-state index in [1.54, 1.807) is 52.2 Å². The van der Waals surface area contributed by atoms with Gasteiger partial charge in [0, 0.05) is 30.4 Å². The number of pyridine rings is 1. The topological polar surface area (TPSA) is 103 Å². The predicted octanol–water partition coefficient (Wildman–Crippen LogP) is 4.87. The maximum absolute atomic E-state index is 12.5. The van der Waals surface area contributed by atoms with Gasteiger partial charge in [0.1, 0.15) is 11.6 Å². The summed E-state index contributed by atoms with van der Waals surface area (Å²) >= 11 is 6.32. The maximum atomic E-state index is 12.5. The maximum Gasteiger partial charge on any atom is 0.324 e. The summed E-state index contributed by atoms with van der Waals surface area (Å²) in [6, 6.07) is 8.54. The molecule has 3 aromatic rings. The number of anilines is 1. The summed E-state index contributed by atoms with van der Waals surface area (Å²) in [5, 5.41) is -0.298. The lowest BCUT2D eigenvalue weighted by atomic mass is 10.0. The molecule has 0 saturated heterocycles. The number of halogens is 1. The van der Waals surface area contributed by atoms with E-state index in [1.165, 1.54) is 10.6 Å². The molecule has 0 amide bonds. The van der Waals surface area contributed by atoms with Crippen molar-refractivity contribution < 1.29 is 13.2 Å². The van der Waals surface area contributed by atoms with Gasteiger partial charge in [-0.3, -0.25) is 9.52 Å². The van der Waals surface area contributed by atoms with Gasteiger partial charge in [-0.25, -0.2) is 8.42 Å². The fourth-order valence-corrected chi connectivity index (χ4v) is 3.80. The molecule has 1 N–H and O–H groups in total. The van der Waals surface area contributed by atoms with Crippen LogP contribution in [0.25, 0.3) is 11.3 Å². The zero-order chi connectivity index (χ0) is 24.5. The van der Waals surface area contributed by atoms with Gasteiger partial charge in [-0.05, 0) is 50.5 Å². The number of sulfonamides is 1. The normalized spacial score (nSPS) is 11.8. The molecule has 176 valence electrons. The molecular weight excluding hydrogens is 464 g/mol. The third kappa shape index (κ3) is 5.72. The minimum absolute atomic E-state index is 0.0475. The Kier molecular flexibility index (Phi) is 7.14. The van der Waals surface area contributed by atoms with E-state index in [9.17, 15) is 13.2 Å². The third-order valence-corrected chi connectivity index (χ3v) is 7.10. The largest absolute Gasteiger partial charge is 0.423 e. The van der Waals surface area contributed by atoms with E-state index in [-0.39, 0.29) is 23.3 Å². The van der Waals surface area contributed by atoms with Crippen LogP contribution in [0, 0.1) is 6.92 Å². The van der Waals surface area contributed by atoms with Crippen molar-refractivity contribution in [2.24, 2.45) is 7.05 Å². The first-order valence-corrected chi connectivity index (χ1v) is 12.4. The second-order valence-electron chi connectivity index (χ2n) is 8.39. The Morgan fingerprint density at radius 3 is 2.39 bits per heavy atom. The molecule has 8 nitrogen and oxygen atoms in total. The smallest absolute Gasteiger partial charge is 0.324 e. The van der Waals surface area contributed by atoms with Gasteiger partial charge in [0.25, 0.3) is 5.56 Å². The number of rotatable bonds is 7. The van der Waals surface area contributed by atoms with Crippen molar-refractivity contribution in [1.29, 1.82) is 0 Å². The molecule has 0 fully saturated rings. The molecule has 0 atom stereocenters. The number of hydrogen-bond acceptors (Lipinski definition) is 6. The first kappa shape index (κ1) is 24.7. The highest BCUT2D eigenvalue weighted by Gasteiger charge is 2.19. The number of aromatic nitrogens is 3. The monoisotopic (exact) mass is 490 g/mol. The van der Waals surface area contributed by atoms with E-state index >= 15 is 0 Å². The van der Waals surface area contributed by atoms with E-state index in [4.69, 9.17) is 16.3 Å². The van der Waals surface area contributed by atoms with Gasteiger partial charge in [0.05, 0.1) is 16.0 Å². The first-order chi connectivity index (χ1) is 15.4. The van der Waals surface area contributed by atoms with E-state index in [1.807, 2.05) is 19.9 Å². The molecule has 2 aromatic heterocycles. The standard InChI is InChI=1S/C23H27ClN4O4S/c1-13(2)16-7-8-18(24)20(10-16)32-23-25-19(17-9-15(5)22(29)28(6)12-17)11-21(26-23)27-33(30,31)14(3)4/h7-14H,1-6H3,(H,25,26,27). The highest BCUT2D eigenvalue weighted by atomic mass is 35.5. The van der Waals surface area contributed by atoms with Gasteiger partial charge in [-0.15, -0.1) is 0 Å². The molecule has 0 saturated carbocycles. The Hall–Kier alpha value is -2.91. The molecule has 1 aromatic carbocycles. The third-order valence-electron chi connectivity index (χ3n) is 5.05. The Bertz CT molecular complexity index is 1320. The fraction of sp³-hybridized carbons (Fsp3) is 0.348. The quantitative estimate of drug-likeness (QED) is 0.506. The van der Waals surface area contributed by atoms with Gasteiger partial charge < -0.3 is 9.30 Å². The minimum Gasteiger partial charge on any atom is -0.423 e. The van der Waals surface area contributed by atoms with Crippen molar-refractivity contribution in [2.45, 2.75) is 45.8 Å². The highest BCUT2D eigenvalue weighted by Crippen LogP contribution is 2.33. The molecule has 0 aliphatic rings. The van der Waals surface area contributed by atoms with Crippen molar-refractivity contribution in [3.05, 3.63) is 63.0 Å². The average Bonchev–Trinajstić information content (AvgIpc) is 2.72. The summed E-state index contributed by atoms with van der Waals surface area (Å²) in [4.78, 5) is 20.8. The Morgan fingerprint density at radius 2 is 1.79 bits per heavy atom. The van der Waals surface area contributed by atoms with Gasteiger partial charge in [0.15, 0.2) is 0 Å². The highest BCUT2D eigenvalue weighted by molar-refractivity contribution is 7.93. The van der Waals surface area contributed by atoms with Crippen LogP contribution in [0.4, 0.5) is 5.82 Å². The van der Waals surface area contributed by atoms with Crippen molar-refractivity contribution >= 4 is 27.4 Å². The van der Waals surface area contributed by atoms with Crippen molar-refractivity contribution in [2.75, 3.05) is 4.72 Å². The van der Waals surface area contributed by atoms with Gasteiger partial charge in [0.2, 0.25) is 10.0 Å². The molecule has 2 heterocycles. The molecule has 0 aliphatic heterocycles. The lowest BCUT2D eigenvalue weighted by molar-refractivity contribution is 0.443. The van der Waals surface area contributed by atoms with Crippen LogP contribution in [0.1, 0.15) is 44.7 Å². The van der Waals surface area contributed by atoms with Crippen LogP contribution >= 0.6 is 11.6 Å². The molecule has 3 rings (SSSR count). The van der Waals surface area contributed by atoms with Crippen LogP contribution in [0.15, 0.2) is 41.3 Å². The average molecular weight is 491 g/mol. The van der Waals surface area contributed by atoms with Crippen molar-refractivity contribution in [3.8, 4) is 23.0 Å². The molecule has 33 heavy (non-hydrogen) atoms. The Morgan fingerprint density at radius 1 is 1.09 bits per heavy atom. The lowest BCUT2D eigenvalue weighted by Crippen LogP contribution is -2.23. The summed E-state index contributed by atoms with van der Waals surface area (Å²) in [6.45, 7) is 8.92.